The summed E-state index contributed by atoms with van der Waals surface area (Å²) in [6.45, 7) is 1.99. The summed E-state index contributed by atoms with van der Waals surface area (Å²) in [5, 5.41) is 14.7. The van der Waals surface area contributed by atoms with Gasteiger partial charge >= 0.3 is 0 Å². The van der Waals surface area contributed by atoms with Crippen LogP contribution in [0.1, 0.15) is 11.1 Å². The van der Waals surface area contributed by atoms with Crippen molar-refractivity contribution in [1.29, 1.82) is 0 Å². The molecular formula is C17H14N4O2S2. The molecule has 2 heterocycles. The van der Waals surface area contributed by atoms with Crippen molar-refractivity contribution in [3.8, 4) is 11.4 Å². The number of fused-ring (bicyclic) bond motifs is 1. The van der Waals surface area contributed by atoms with E-state index in [2.05, 4.69) is 20.6 Å². The molecule has 0 aliphatic carbocycles. The summed E-state index contributed by atoms with van der Waals surface area (Å²) in [5.41, 5.74) is 2.53. The zero-order valence-electron chi connectivity index (χ0n) is 13.3. The van der Waals surface area contributed by atoms with Gasteiger partial charge in [-0.25, -0.2) is 8.42 Å². The van der Waals surface area contributed by atoms with E-state index in [1.165, 1.54) is 11.3 Å². The summed E-state index contributed by atoms with van der Waals surface area (Å²) in [4.78, 5) is 0. The van der Waals surface area contributed by atoms with Crippen molar-refractivity contribution in [3.05, 3.63) is 59.7 Å². The van der Waals surface area contributed by atoms with Gasteiger partial charge in [-0.2, -0.15) is 5.21 Å². The van der Waals surface area contributed by atoms with Crippen LogP contribution in [0.25, 0.3) is 21.5 Å². The van der Waals surface area contributed by atoms with E-state index in [4.69, 9.17) is 0 Å². The van der Waals surface area contributed by atoms with E-state index < -0.39 is 9.84 Å². The summed E-state index contributed by atoms with van der Waals surface area (Å²) < 4.78 is 27.0. The number of hydrogen-bond acceptors (Lipinski definition) is 6. The lowest BCUT2D eigenvalue weighted by atomic mass is 10.1. The molecule has 0 aliphatic rings. The molecule has 0 saturated carbocycles. The van der Waals surface area contributed by atoms with Gasteiger partial charge in [-0.3, -0.25) is 0 Å². The quantitative estimate of drug-likeness (QED) is 0.595. The Labute approximate surface area is 148 Å². The Morgan fingerprint density at radius 1 is 1.12 bits per heavy atom. The van der Waals surface area contributed by atoms with Crippen LogP contribution in [0.3, 0.4) is 0 Å². The minimum absolute atomic E-state index is 0.0650. The van der Waals surface area contributed by atoms with Gasteiger partial charge in [0.1, 0.15) is 4.21 Å². The molecule has 0 radical (unpaired) electrons. The topological polar surface area (TPSA) is 88.6 Å². The fourth-order valence-electron chi connectivity index (χ4n) is 2.67. The molecule has 4 rings (SSSR count). The molecule has 2 aromatic carbocycles. The van der Waals surface area contributed by atoms with E-state index in [1.54, 1.807) is 24.3 Å². The van der Waals surface area contributed by atoms with E-state index in [9.17, 15) is 8.42 Å². The molecule has 0 amide bonds. The maximum atomic E-state index is 12.8. The van der Waals surface area contributed by atoms with Crippen molar-refractivity contribution in [1.82, 2.24) is 20.6 Å². The van der Waals surface area contributed by atoms with E-state index in [0.717, 1.165) is 21.2 Å². The third kappa shape index (κ3) is 3.18. The molecule has 0 atom stereocenters. The zero-order chi connectivity index (χ0) is 17.4. The molecule has 0 saturated heterocycles. The number of aromatic nitrogens is 4. The second-order valence-electron chi connectivity index (χ2n) is 5.80. The molecule has 0 unspecified atom stereocenters. The largest absolute Gasteiger partial charge is 0.223 e. The Bertz CT molecular complexity index is 1150. The van der Waals surface area contributed by atoms with Crippen molar-refractivity contribution >= 4 is 31.3 Å². The van der Waals surface area contributed by atoms with Gasteiger partial charge in [0, 0.05) is 10.3 Å². The number of thiophene rings is 1. The first kappa shape index (κ1) is 15.9. The lowest BCUT2D eigenvalue weighted by molar-refractivity contribution is 0.597. The first-order valence-electron chi connectivity index (χ1n) is 7.57. The van der Waals surface area contributed by atoms with Crippen LogP contribution in [-0.4, -0.2) is 29.0 Å². The van der Waals surface area contributed by atoms with Crippen molar-refractivity contribution in [2.75, 3.05) is 0 Å². The molecule has 6 nitrogen and oxygen atoms in total. The van der Waals surface area contributed by atoms with E-state index in [-0.39, 0.29) is 5.75 Å². The molecule has 0 fully saturated rings. The second kappa shape index (κ2) is 6.05. The minimum atomic E-state index is -3.42. The third-order valence-corrected chi connectivity index (χ3v) is 7.21. The minimum Gasteiger partial charge on any atom is -0.223 e. The smallest absolute Gasteiger partial charge is 0.204 e. The molecule has 126 valence electrons. The highest BCUT2D eigenvalue weighted by Crippen LogP contribution is 2.31. The van der Waals surface area contributed by atoms with Gasteiger partial charge in [0.05, 0.1) is 5.75 Å². The molecule has 4 aromatic rings. The van der Waals surface area contributed by atoms with Crippen LogP contribution in [0, 0.1) is 6.92 Å². The van der Waals surface area contributed by atoms with Crippen LogP contribution in [0.5, 0.6) is 0 Å². The number of aryl methyl sites for hydroxylation is 1. The number of rotatable bonds is 4. The Balaban J connectivity index is 1.68. The van der Waals surface area contributed by atoms with E-state index >= 15 is 0 Å². The van der Waals surface area contributed by atoms with Gasteiger partial charge in [-0.05, 0) is 41.3 Å². The first-order chi connectivity index (χ1) is 12.0. The number of hydrogen-bond donors (Lipinski definition) is 1. The molecule has 8 heteroatoms. The molecule has 0 spiro atoms. The number of nitrogens with one attached hydrogen (secondary N) is 1. The van der Waals surface area contributed by atoms with Crippen LogP contribution in [-0.2, 0) is 15.6 Å². The SMILES string of the molecule is Cc1ccc2sc(S(=O)(=O)Cc3cccc(-c4nn[nH]n4)c3)cc2c1. The zero-order valence-corrected chi connectivity index (χ0v) is 14.9. The summed E-state index contributed by atoms with van der Waals surface area (Å²) >= 11 is 1.31. The average Bonchev–Trinajstić information content (AvgIpc) is 3.24. The summed E-state index contributed by atoms with van der Waals surface area (Å²) in [7, 11) is -3.42. The van der Waals surface area contributed by atoms with E-state index in [1.807, 2.05) is 31.2 Å². The predicted molar refractivity (Wildman–Crippen MR) is 97.1 cm³/mol. The first-order valence-corrected chi connectivity index (χ1v) is 10.0. The van der Waals surface area contributed by atoms with Crippen LogP contribution in [0.4, 0.5) is 0 Å². The predicted octanol–water partition coefficient (Wildman–Crippen LogP) is 3.36. The maximum Gasteiger partial charge on any atom is 0.204 e. The van der Waals surface area contributed by atoms with Gasteiger partial charge < -0.3 is 0 Å². The highest BCUT2D eigenvalue weighted by atomic mass is 32.2. The monoisotopic (exact) mass is 370 g/mol. The second-order valence-corrected chi connectivity index (χ2v) is 9.10. The summed E-state index contributed by atoms with van der Waals surface area (Å²) in [6.07, 6.45) is 0. The number of aromatic amines is 1. The molecule has 25 heavy (non-hydrogen) atoms. The van der Waals surface area contributed by atoms with Gasteiger partial charge in [0.25, 0.3) is 0 Å². The highest BCUT2D eigenvalue weighted by molar-refractivity contribution is 7.92. The maximum absolute atomic E-state index is 12.8. The number of H-pyrrole nitrogens is 1. The van der Waals surface area contributed by atoms with E-state index in [0.29, 0.717) is 15.6 Å². The normalized spacial score (nSPS) is 11.9. The Kier molecular flexibility index (Phi) is 3.85. The number of sulfone groups is 1. The fourth-order valence-corrected chi connectivity index (χ4v) is 5.46. The average molecular weight is 370 g/mol. The standard InChI is InChI=1S/C17H14N4O2S2/c1-11-5-6-15-14(7-11)9-16(24-15)25(22,23)10-12-3-2-4-13(8-12)17-18-20-21-19-17/h2-9H,10H2,1H3,(H,18,19,20,21). The van der Waals surface area contributed by atoms with Crippen molar-refractivity contribution < 1.29 is 8.42 Å². The molecule has 2 aromatic heterocycles. The number of nitrogens with zero attached hydrogens (tertiary/aromatic N) is 3. The van der Waals surface area contributed by atoms with Gasteiger partial charge in [-0.15, -0.1) is 21.5 Å². The van der Waals surface area contributed by atoms with Gasteiger partial charge in [0.15, 0.2) is 9.84 Å². The fraction of sp³-hybridized carbons (Fsp3) is 0.118. The Hall–Kier alpha value is -2.58. The molecular weight excluding hydrogens is 356 g/mol. The lowest BCUT2D eigenvalue weighted by Crippen LogP contribution is -2.03. The van der Waals surface area contributed by atoms with Gasteiger partial charge in [0.2, 0.25) is 5.82 Å². The van der Waals surface area contributed by atoms with Crippen LogP contribution >= 0.6 is 11.3 Å². The Morgan fingerprint density at radius 2 is 2.00 bits per heavy atom. The molecule has 1 N–H and O–H groups in total. The summed E-state index contributed by atoms with van der Waals surface area (Å²) in [6, 6.07) is 14.9. The molecule has 0 aliphatic heterocycles. The van der Waals surface area contributed by atoms with Crippen LogP contribution in [0.15, 0.2) is 52.7 Å². The van der Waals surface area contributed by atoms with Crippen molar-refractivity contribution in [2.45, 2.75) is 16.9 Å². The highest BCUT2D eigenvalue weighted by Gasteiger charge is 2.19. The summed E-state index contributed by atoms with van der Waals surface area (Å²) in [5.74, 6) is 0.376. The number of benzene rings is 2. The Morgan fingerprint density at radius 3 is 2.80 bits per heavy atom. The van der Waals surface area contributed by atoms with Gasteiger partial charge in [-0.1, -0.05) is 35.9 Å². The van der Waals surface area contributed by atoms with Crippen LogP contribution in [0.2, 0.25) is 0 Å². The van der Waals surface area contributed by atoms with Crippen molar-refractivity contribution in [2.24, 2.45) is 0 Å². The lowest BCUT2D eigenvalue weighted by Gasteiger charge is -2.03. The van der Waals surface area contributed by atoms with Crippen LogP contribution < -0.4 is 0 Å². The number of tetrazole rings is 1. The molecule has 0 bridgehead atoms. The van der Waals surface area contributed by atoms with Crippen molar-refractivity contribution in [3.63, 3.8) is 0 Å². The third-order valence-electron chi connectivity index (χ3n) is 3.84.